The van der Waals surface area contributed by atoms with Gasteiger partial charge >= 0.3 is 0 Å². The van der Waals surface area contributed by atoms with Crippen LogP contribution in [0.1, 0.15) is 6.92 Å². The van der Waals surface area contributed by atoms with E-state index in [4.69, 9.17) is 0 Å². The fourth-order valence-corrected chi connectivity index (χ4v) is 1.38. The van der Waals surface area contributed by atoms with Gasteiger partial charge in [0.25, 0.3) is 0 Å². The number of rotatable bonds is 2. The minimum absolute atomic E-state index is 0.569. The van der Waals surface area contributed by atoms with Crippen LogP contribution in [0.5, 0.6) is 0 Å². The summed E-state index contributed by atoms with van der Waals surface area (Å²) in [6.45, 7) is 5.77. The van der Waals surface area contributed by atoms with Gasteiger partial charge in [0.2, 0.25) is 0 Å². The second-order valence-electron chi connectivity index (χ2n) is 3.63. The smallest absolute Gasteiger partial charge is 0.0600 e. The molecule has 66 valence electrons. The van der Waals surface area contributed by atoms with Crippen molar-refractivity contribution in [2.45, 2.75) is 13.1 Å². The molecular weight excluding hydrogens is 138 g/mol. The molecule has 0 saturated carbocycles. The van der Waals surface area contributed by atoms with Crippen molar-refractivity contribution in [1.29, 1.82) is 0 Å². The Labute approximate surface area is 69.6 Å². The lowest BCUT2D eigenvalue weighted by Gasteiger charge is -2.29. The van der Waals surface area contributed by atoms with Gasteiger partial charge in [-0.1, -0.05) is 0 Å². The summed E-state index contributed by atoms with van der Waals surface area (Å²) in [7, 11) is 6.42. The summed E-state index contributed by atoms with van der Waals surface area (Å²) >= 11 is 0. The predicted octanol–water partition coefficient (Wildman–Crippen LogP) is 0.0989. The largest absolute Gasteiger partial charge is 0.294 e. The standard InChI is InChI=1S/C8H19N3/c1-8(9(2)3)11-6-5-10(4)7-11/h8H,5-7H2,1-4H3. The first kappa shape index (κ1) is 8.97. The third-order valence-corrected chi connectivity index (χ3v) is 2.47. The number of hydrogen-bond donors (Lipinski definition) is 0. The third-order valence-electron chi connectivity index (χ3n) is 2.47. The molecule has 1 aliphatic heterocycles. The summed E-state index contributed by atoms with van der Waals surface area (Å²) in [6, 6.07) is 0. The molecule has 0 spiro atoms. The van der Waals surface area contributed by atoms with Gasteiger partial charge in [-0.3, -0.25) is 14.7 Å². The zero-order valence-electron chi connectivity index (χ0n) is 8.04. The van der Waals surface area contributed by atoms with Gasteiger partial charge in [0.1, 0.15) is 0 Å². The number of hydrogen-bond acceptors (Lipinski definition) is 3. The highest BCUT2D eigenvalue weighted by Crippen LogP contribution is 2.07. The van der Waals surface area contributed by atoms with Gasteiger partial charge in [-0.15, -0.1) is 0 Å². The van der Waals surface area contributed by atoms with E-state index in [0.717, 1.165) is 6.67 Å². The van der Waals surface area contributed by atoms with E-state index in [1.807, 2.05) is 0 Å². The Hall–Kier alpha value is -0.120. The second-order valence-corrected chi connectivity index (χ2v) is 3.63. The van der Waals surface area contributed by atoms with E-state index >= 15 is 0 Å². The third kappa shape index (κ3) is 2.15. The summed E-state index contributed by atoms with van der Waals surface area (Å²) in [6.07, 6.45) is 0.569. The van der Waals surface area contributed by atoms with E-state index in [1.165, 1.54) is 13.1 Å². The molecule has 3 heteroatoms. The van der Waals surface area contributed by atoms with Crippen LogP contribution in [0.25, 0.3) is 0 Å². The van der Waals surface area contributed by atoms with E-state index in [0.29, 0.717) is 6.17 Å². The van der Waals surface area contributed by atoms with Crippen LogP contribution in [0, 0.1) is 0 Å². The molecular formula is C8H19N3. The SMILES string of the molecule is CC(N(C)C)N1CCN(C)C1. The molecule has 0 radical (unpaired) electrons. The normalized spacial score (nSPS) is 24.8. The molecule has 0 aromatic rings. The van der Waals surface area contributed by atoms with Crippen LogP contribution in [-0.2, 0) is 0 Å². The van der Waals surface area contributed by atoms with Crippen LogP contribution >= 0.6 is 0 Å². The summed E-state index contributed by atoms with van der Waals surface area (Å²) in [4.78, 5) is 7.07. The van der Waals surface area contributed by atoms with Crippen molar-refractivity contribution in [3.63, 3.8) is 0 Å². The molecule has 0 N–H and O–H groups in total. The maximum absolute atomic E-state index is 2.47. The first-order valence-electron chi connectivity index (χ1n) is 4.20. The van der Waals surface area contributed by atoms with Crippen molar-refractivity contribution in [3.05, 3.63) is 0 Å². The Morgan fingerprint density at radius 1 is 1.27 bits per heavy atom. The summed E-state index contributed by atoms with van der Waals surface area (Å²) < 4.78 is 0. The molecule has 0 bridgehead atoms. The van der Waals surface area contributed by atoms with Crippen LogP contribution < -0.4 is 0 Å². The Bertz CT molecular complexity index is 125. The molecule has 1 saturated heterocycles. The molecule has 1 unspecified atom stereocenters. The molecule has 1 fully saturated rings. The van der Waals surface area contributed by atoms with E-state index in [2.05, 4.69) is 42.8 Å². The quantitative estimate of drug-likeness (QED) is 0.563. The monoisotopic (exact) mass is 157 g/mol. The van der Waals surface area contributed by atoms with Crippen molar-refractivity contribution >= 4 is 0 Å². The van der Waals surface area contributed by atoms with Crippen molar-refractivity contribution in [2.24, 2.45) is 0 Å². The van der Waals surface area contributed by atoms with Crippen LogP contribution in [0.4, 0.5) is 0 Å². The highest BCUT2D eigenvalue weighted by atomic mass is 15.4. The van der Waals surface area contributed by atoms with Crippen molar-refractivity contribution in [1.82, 2.24) is 14.7 Å². The number of likely N-dealkylation sites (N-methyl/N-ethyl adjacent to an activating group) is 1. The van der Waals surface area contributed by atoms with E-state index in [-0.39, 0.29) is 0 Å². The van der Waals surface area contributed by atoms with Gasteiger partial charge in [-0.2, -0.15) is 0 Å². The van der Waals surface area contributed by atoms with Gasteiger partial charge in [0.05, 0.1) is 12.8 Å². The van der Waals surface area contributed by atoms with Gasteiger partial charge in [0.15, 0.2) is 0 Å². The maximum Gasteiger partial charge on any atom is 0.0600 e. The zero-order valence-corrected chi connectivity index (χ0v) is 8.04. The Balaban J connectivity index is 2.36. The topological polar surface area (TPSA) is 9.72 Å². The van der Waals surface area contributed by atoms with Crippen molar-refractivity contribution in [2.75, 3.05) is 40.9 Å². The summed E-state index contributed by atoms with van der Waals surface area (Å²) in [5.74, 6) is 0. The average Bonchev–Trinajstić information content (AvgIpc) is 2.34. The van der Waals surface area contributed by atoms with Crippen molar-refractivity contribution < 1.29 is 0 Å². The first-order chi connectivity index (χ1) is 5.11. The van der Waals surface area contributed by atoms with Crippen molar-refractivity contribution in [3.8, 4) is 0 Å². The highest BCUT2D eigenvalue weighted by Gasteiger charge is 2.22. The molecule has 1 atom stereocenters. The van der Waals surface area contributed by atoms with Gasteiger partial charge in [-0.05, 0) is 28.1 Å². The highest BCUT2D eigenvalue weighted by molar-refractivity contribution is 4.71. The van der Waals surface area contributed by atoms with Crippen LogP contribution in [0.2, 0.25) is 0 Å². The molecule has 11 heavy (non-hydrogen) atoms. The van der Waals surface area contributed by atoms with Crippen LogP contribution in [0.3, 0.4) is 0 Å². The molecule has 0 amide bonds. The zero-order chi connectivity index (χ0) is 8.43. The lowest BCUT2D eigenvalue weighted by molar-refractivity contribution is 0.103. The van der Waals surface area contributed by atoms with E-state index in [9.17, 15) is 0 Å². The Morgan fingerprint density at radius 3 is 2.27 bits per heavy atom. The predicted molar refractivity (Wildman–Crippen MR) is 47.4 cm³/mol. The van der Waals surface area contributed by atoms with Gasteiger partial charge < -0.3 is 0 Å². The maximum atomic E-state index is 2.47. The molecule has 0 aromatic heterocycles. The van der Waals surface area contributed by atoms with E-state index < -0.39 is 0 Å². The molecule has 0 aliphatic carbocycles. The summed E-state index contributed by atoms with van der Waals surface area (Å²) in [5, 5.41) is 0. The van der Waals surface area contributed by atoms with Gasteiger partial charge in [-0.25, -0.2) is 0 Å². The first-order valence-corrected chi connectivity index (χ1v) is 4.20. The minimum Gasteiger partial charge on any atom is -0.294 e. The van der Waals surface area contributed by atoms with E-state index in [1.54, 1.807) is 0 Å². The fourth-order valence-electron chi connectivity index (χ4n) is 1.38. The van der Waals surface area contributed by atoms with Gasteiger partial charge in [0, 0.05) is 13.1 Å². The van der Waals surface area contributed by atoms with Crippen LogP contribution in [-0.4, -0.2) is 61.8 Å². The lowest BCUT2D eigenvalue weighted by atomic mass is 10.4. The molecule has 1 heterocycles. The minimum atomic E-state index is 0.569. The second kappa shape index (κ2) is 3.52. The van der Waals surface area contributed by atoms with Crippen LogP contribution in [0.15, 0.2) is 0 Å². The molecule has 1 rings (SSSR count). The average molecular weight is 157 g/mol. The fraction of sp³-hybridized carbons (Fsp3) is 1.00. The molecule has 3 nitrogen and oxygen atoms in total. The molecule has 1 aliphatic rings. The lowest BCUT2D eigenvalue weighted by Crippen LogP contribution is -2.42. The Kier molecular flexibility index (Phi) is 2.87. The number of nitrogens with zero attached hydrogens (tertiary/aromatic N) is 3. The summed E-state index contributed by atoms with van der Waals surface area (Å²) in [5.41, 5.74) is 0. The Morgan fingerprint density at radius 2 is 1.91 bits per heavy atom. The molecule has 0 aromatic carbocycles.